The first-order chi connectivity index (χ1) is 15.3. The van der Waals surface area contributed by atoms with Gasteiger partial charge in [-0.25, -0.2) is 4.79 Å². The highest BCUT2D eigenvalue weighted by Crippen LogP contribution is 2.34. The summed E-state index contributed by atoms with van der Waals surface area (Å²) in [6.45, 7) is 5.08. The predicted octanol–water partition coefficient (Wildman–Crippen LogP) is 4.49. The van der Waals surface area contributed by atoms with Crippen LogP contribution in [0.4, 0.5) is 29.3 Å². The SMILES string of the molecule is CC(C)[C@H](Nc1ccc(C(F)(F)F)cc1Cl)C(=O)Nc1cccc(C2(C)NC(=O)NC2=O)c1. The highest BCUT2D eigenvalue weighted by atomic mass is 35.5. The second-order valence-electron chi connectivity index (χ2n) is 8.16. The number of benzene rings is 2. The number of anilines is 2. The molecule has 2 aromatic rings. The molecule has 0 saturated carbocycles. The van der Waals surface area contributed by atoms with Crippen LogP contribution < -0.4 is 21.3 Å². The number of carbonyl (C=O) groups is 3. The third-order valence-electron chi connectivity index (χ3n) is 5.31. The van der Waals surface area contributed by atoms with Gasteiger partial charge < -0.3 is 16.0 Å². The summed E-state index contributed by atoms with van der Waals surface area (Å²) in [6, 6.07) is 7.85. The average Bonchev–Trinajstić information content (AvgIpc) is 2.98. The molecule has 2 aromatic carbocycles. The molecular formula is C22H22ClF3N4O3. The Morgan fingerprint density at radius 3 is 2.36 bits per heavy atom. The Morgan fingerprint density at radius 1 is 1.12 bits per heavy atom. The van der Waals surface area contributed by atoms with Crippen molar-refractivity contribution < 1.29 is 27.6 Å². The molecule has 0 aliphatic carbocycles. The van der Waals surface area contributed by atoms with Crippen molar-refractivity contribution in [3.63, 3.8) is 0 Å². The van der Waals surface area contributed by atoms with Gasteiger partial charge >= 0.3 is 12.2 Å². The van der Waals surface area contributed by atoms with Gasteiger partial charge in [0.1, 0.15) is 11.6 Å². The van der Waals surface area contributed by atoms with Gasteiger partial charge in [0.15, 0.2) is 0 Å². The molecule has 1 aliphatic rings. The topological polar surface area (TPSA) is 99.3 Å². The molecule has 3 rings (SSSR count). The van der Waals surface area contributed by atoms with Gasteiger partial charge in [0.05, 0.1) is 16.3 Å². The molecule has 7 nitrogen and oxygen atoms in total. The minimum Gasteiger partial charge on any atom is -0.372 e. The molecule has 176 valence electrons. The van der Waals surface area contributed by atoms with Crippen LogP contribution in [0.3, 0.4) is 0 Å². The van der Waals surface area contributed by atoms with E-state index >= 15 is 0 Å². The minimum absolute atomic E-state index is 0.166. The number of imide groups is 1. The molecule has 0 spiro atoms. The molecule has 1 fully saturated rings. The summed E-state index contributed by atoms with van der Waals surface area (Å²) in [6.07, 6.45) is -4.53. The number of amides is 4. The Morgan fingerprint density at radius 2 is 1.82 bits per heavy atom. The van der Waals surface area contributed by atoms with Gasteiger partial charge in [0, 0.05) is 5.69 Å². The lowest BCUT2D eigenvalue weighted by atomic mass is 9.92. The molecule has 1 saturated heterocycles. The molecule has 0 aromatic heterocycles. The molecule has 0 radical (unpaired) electrons. The zero-order valence-electron chi connectivity index (χ0n) is 17.9. The smallest absolute Gasteiger partial charge is 0.372 e. The van der Waals surface area contributed by atoms with Crippen molar-refractivity contribution in [1.29, 1.82) is 0 Å². The highest BCUT2D eigenvalue weighted by Gasteiger charge is 2.43. The molecule has 0 bridgehead atoms. The number of urea groups is 1. The van der Waals surface area contributed by atoms with E-state index in [4.69, 9.17) is 11.6 Å². The lowest BCUT2D eigenvalue weighted by molar-refractivity contribution is -0.137. The quantitative estimate of drug-likeness (QED) is 0.456. The first-order valence-electron chi connectivity index (χ1n) is 9.99. The summed E-state index contributed by atoms with van der Waals surface area (Å²) in [5, 5.41) is 10.2. The Bertz CT molecular complexity index is 1110. The van der Waals surface area contributed by atoms with Crippen molar-refractivity contribution in [2.75, 3.05) is 10.6 Å². The van der Waals surface area contributed by atoms with E-state index < -0.39 is 41.2 Å². The Hall–Kier alpha value is -3.27. The second-order valence-corrected chi connectivity index (χ2v) is 8.57. The molecule has 4 N–H and O–H groups in total. The molecule has 1 unspecified atom stereocenters. The third-order valence-corrected chi connectivity index (χ3v) is 5.62. The van der Waals surface area contributed by atoms with Crippen LogP contribution in [0.2, 0.25) is 5.02 Å². The third kappa shape index (κ3) is 5.22. The summed E-state index contributed by atoms with van der Waals surface area (Å²) in [4.78, 5) is 36.7. The molecule has 33 heavy (non-hydrogen) atoms. The minimum atomic E-state index is -4.53. The van der Waals surface area contributed by atoms with Crippen LogP contribution >= 0.6 is 11.6 Å². The van der Waals surface area contributed by atoms with Gasteiger partial charge in [0.25, 0.3) is 5.91 Å². The van der Waals surface area contributed by atoms with Crippen LogP contribution in [-0.2, 0) is 21.3 Å². The molecule has 2 atom stereocenters. The Labute approximate surface area is 193 Å². The van der Waals surface area contributed by atoms with Gasteiger partial charge in [-0.1, -0.05) is 37.6 Å². The van der Waals surface area contributed by atoms with E-state index in [2.05, 4.69) is 21.3 Å². The summed E-state index contributed by atoms with van der Waals surface area (Å²) in [7, 11) is 0. The van der Waals surface area contributed by atoms with Crippen molar-refractivity contribution in [3.8, 4) is 0 Å². The predicted molar refractivity (Wildman–Crippen MR) is 118 cm³/mol. The van der Waals surface area contributed by atoms with Crippen molar-refractivity contribution in [1.82, 2.24) is 10.6 Å². The standard InChI is InChI=1S/C22H22ClF3N4O3/c1-11(2)17(28-16-8-7-13(10-15(16)23)22(24,25)26)18(31)27-14-6-4-5-12(9-14)21(3)19(32)29-20(33)30-21/h4-11,17,28H,1-3H3,(H,27,31)(H2,29,30,32,33)/t17-,21?/m0/s1. The van der Waals surface area contributed by atoms with Crippen molar-refractivity contribution in [2.24, 2.45) is 5.92 Å². The first-order valence-corrected chi connectivity index (χ1v) is 10.4. The summed E-state index contributed by atoms with van der Waals surface area (Å²) in [5.41, 5.74) is -1.16. The normalized spacial score (nSPS) is 19.2. The second kappa shape index (κ2) is 8.93. The summed E-state index contributed by atoms with van der Waals surface area (Å²) < 4.78 is 38.7. The van der Waals surface area contributed by atoms with Crippen LogP contribution in [0.1, 0.15) is 31.9 Å². The van der Waals surface area contributed by atoms with Crippen LogP contribution in [0.25, 0.3) is 0 Å². The number of carbonyl (C=O) groups excluding carboxylic acids is 3. The average molecular weight is 483 g/mol. The van der Waals surface area contributed by atoms with E-state index in [-0.39, 0.29) is 16.6 Å². The van der Waals surface area contributed by atoms with Gasteiger partial charge in [-0.05, 0) is 48.7 Å². The lowest BCUT2D eigenvalue weighted by Gasteiger charge is -2.25. The number of halogens is 4. The number of hydrogen-bond acceptors (Lipinski definition) is 4. The van der Waals surface area contributed by atoms with Crippen LogP contribution in [0.5, 0.6) is 0 Å². The Balaban J connectivity index is 1.79. The fourth-order valence-corrected chi connectivity index (χ4v) is 3.62. The van der Waals surface area contributed by atoms with Gasteiger partial charge in [-0.15, -0.1) is 0 Å². The summed E-state index contributed by atoms with van der Waals surface area (Å²) in [5.74, 6) is -1.22. The maximum absolute atomic E-state index is 13.0. The van der Waals surface area contributed by atoms with Gasteiger partial charge in [0.2, 0.25) is 5.91 Å². The zero-order chi connectivity index (χ0) is 24.6. The number of rotatable bonds is 6. The number of hydrogen-bond donors (Lipinski definition) is 4. The fourth-order valence-electron chi connectivity index (χ4n) is 3.39. The van der Waals surface area contributed by atoms with Crippen LogP contribution in [-0.4, -0.2) is 23.9 Å². The van der Waals surface area contributed by atoms with Crippen molar-refractivity contribution >= 4 is 40.8 Å². The number of nitrogens with one attached hydrogen (secondary N) is 4. The maximum Gasteiger partial charge on any atom is 0.416 e. The summed E-state index contributed by atoms with van der Waals surface area (Å²) >= 11 is 6.02. The van der Waals surface area contributed by atoms with E-state index in [0.29, 0.717) is 11.3 Å². The molecular weight excluding hydrogens is 461 g/mol. The largest absolute Gasteiger partial charge is 0.416 e. The fraction of sp³-hybridized carbons (Fsp3) is 0.318. The zero-order valence-corrected chi connectivity index (χ0v) is 18.7. The van der Waals surface area contributed by atoms with E-state index in [9.17, 15) is 27.6 Å². The molecule has 11 heteroatoms. The monoisotopic (exact) mass is 482 g/mol. The van der Waals surface area contributed by atoms with E-state index in [1.165, 1.54) is 6.07 Å². The van der Waals surface area contributed by atoms with Gasteiger partial charge in [-0.2, -0.15) is 13.2 Å². The molecule has 4 amide bonds. The van der Waals surface area contributed by atoms with E-state index in [0.717, 1.165) is 12.1 Å². The van der Waals surface area contributed by atoms with Crippen LogP contribution in [0.15, 0.2) is 42.5 Å². The Kier molecular flexibility index (Phi) is 6.60. The molecule has 1 heterocycles. The first kappa shape index (κ1) is 24.4. The number of alkyl halides is 3. The van der Waals surface area contributed by atoms with E-state index in [1.54, 1.807) is 45.0 Å². The van der Waals surface area contributed by atoms with Crippen LogP contribution in [0, 0.1) is 5.92 Å². The van der Waals surface area contributed by atoms with Crippen molar-refractivity contribution in [2.45, 2.75) is 38.5 Å². The van der Waals surface area contributed by atoms with Crippen molar-refractivity contribution in [3.05, 3.63) is 58.6 Å². The highest BCUT2D eigenvalue weighted by molar-refractivity contribution is 6.33. The van der Waals surface area contributed by atoms with Gasteiger partial charge in [-0.3, -0.25) is 14.9 Å². The molecule has 1 aliphatic heterocycles. The lowest BCUT2D eigenvalue weighted by Crippen LogP contribution is -2.41. The van der Waals surface area contributed by atoms with E-state index in [1.807, 2.05) is 0 Å². The maximum atomic E-state index is 13.0.